The molecule has 0 atom stereocenters. The molecule has 22 heavy (non-hydrogen) atoms. The van der Waals surface area contributed by atoms with Gasteiger partial charge in [-0.2, -0.15) is 0 Å². The zero-order valence-corrected chi connectivity index (χ0v) is 14.6. The van der Waals surface area contributed by atoms with Crippen molar-refractivity contribution < 1.29 is 0 Å². The number of benzene rings is 1. The van der Waals surface area contributed by atoms with E-state index in [1.165, 1.54) is 9.26 Å². The number of imidazole rings is 1. The molecule has 1 N–H and O–H groups in total. The van der Waals surface area contributed by atoms with Gasteiger partial charge >= 0.3 is 141 Å². The molecule has 1 aliphatic heterocycles. The molecule has 3 aromatic rings. The Morgan fingerprint density at radius 1 is 1.27 bits per heavy atom. The van der Waals surface area contributed by atoms with Gasteiger partial charge in [-0.1, -0.05) is 0 Å². The van der Waals surface area contributed by atoms with Gasteiger partial charge in [-0.3, -0.25) is 0 Å². The number of nitrogens with one attached hydrogen (secondary N) is 1. The molecule has 4 rings (SSSR count). The van der Waals surface area contributed by atoms with Crippen LogP contribution in [0.3, 0.4) is 0 Å². The molecule has 1 aliphatic rings. The van der Waals surface area contributed by atoms with E-state index < -0.39 is 0 Å². The summed E-state index contributed by atoms with van der Waals surface area (Å²) in [5, 5.41) is 0. The number of fused-ring (bicyclic) bond motifs is 1. The number of nitrogens with zero attached hydrogens (tertiary/aromatic N) is 3. The summed E-state index contributed by atoms with van der Waals surface area (Å²) in [5.74, 6) is 1.79. The monoisotopic (exact) mass is 368 g/mol. The van der Waals surface area contributed by atoms with Gasteiger partial charge in [-0.05, 0) is 0 Å². The molecular weight excluding hydrogens is 355 g/mol. The van der Waals surface area contributed by atoms with Crippen LogP contribution in [0.2, 0.25) is 0 Å². The second-order valence-electron chi connectivity index (χ2n) is 5.12. The van der Waals surface area contributed by atoms with E-state index in [1.54, 1.807) is 6.20 Å². The van der Waals surface area contributed by atoms with Crippen molar-refractivity contribution in [2.75, 3.05) is 10.8 Å². The van der Waals surface area contributed by atoms with Crippen molar-refractivity contribution in [3.8, 4) is 0 Å². The number of aryl methyl sites for hydroxylation is 1. The molecule has 0 spiro atoms. The molecule has 0 saturated carbocycles. The Kier molecular flexibility index (Phi) is 3.47. The van der Waals surface area contributed by atoms with Gasteiger partial charge in [-0.25, -0.2) is 0 Å². The van der Waals surface area contributed by atoms with Crippen molar-refractivity contribution in [3.05, 3.63) is 57.8 Å². The number of H-pyrrole nitrogens is 1. The molecule has 0 unspecified atom stereocenters. The fourth-order valence-electron chi connectivity index (χ4n) is 2.61. The number of thioether (sulfide) groups is 1. The van der Waals surface area contributed by atoms with Crippen LogP contribution in [-0.4, -0.2) is 37.7 Å². The molecule has 0 aliphatic carbocycles. The third-order valence-corrected chi connectivity index (χ3v) is 5.81. The van der Waals surface area contributed by atoms with Gasteiger partial charge in [0.05, 0.1) is 0 Å². The standard InChI is InChI=1S/C16H13AsN4S/c1-10-4-2-6-12-13(10)20-16(19-12)14-15(17)22-9-21(14)11-5-3-7-18-8-11/h2-8H,9H2,1H3,(H,19,20). The summed E-state index contributed by atoms with van der Waals surface area (Å²) in [6.45, 7) is 2.09. The summed E-state index contributed by atoms with van der Waals surface area (Å²) in [7, 11) is 0. The fourth-order valence-corrected chi connectivity index (χ4v) is 4.32. The van der Waals surface area contributed by atoms with Crippen molar-refractivity contribution in [2.45, 2.75) is 6.92 Å². The average molecular weight is 368 g/mol. The first kappa shape index (κ1) is 13.9. The number of rotatable bonds is 2. The Bertz CT molecular complexity index is 872. The first-order valence-electron chi connectivity index (χ1n) is 6.93. The van der Waals surface area contributed by atoms with E-state index in [4.69, 9.17) is 4.98 Å². The number of aromatic nitrogens is 3. The average Bonchev–Trinajstić information content (AvgIpc) is 3.12. The fraction of sp³-hybridized carbons (Fsp3) is 0.125. The van der Waals surface area contributed by atoms with E-state index in [0.717, 1.165) is 34.1 Å². The maximum absolute atomic E-state index is 4.82. The Balaban J connectivity index is 1.84. The summed E-state index contributed by atoms with van der Waals surface area (Å²) in [4.78, 5) is 14.8. The van der Waals surface area contributed by atoms with Crippen LogP contribution < -0.4 is 4.90 Å². The molecule has 2 radical (unpaired) electrons. The SMILES string of the molecule is Cc1cccc2[nH]c(C3=C([As])SCN3c3cccnc3)nc12. The third kappa shape index (κ3) is 2.25. The predicted octanol–water partition coefficient (Wildman–Crippen LogP) is 3.27. The second kappa shape index (κ2) is 5.49. The van der Waals surface area contributed by atoms with Crippen molar-refractivity contribution in [1.29, 1.82) is 0 Å². The Hall–Kier alpha value is -1.71. The van der Waals surface area contributed by atoms with Gasteiger partial charge in [0.2, 0.25) is 0 Å². The summed E-state index contributed by atoms with van der Waals surface area (Å²) in [6, 6.07) is 10.3. The van der Waals surface area contributed by atoms with Gasteiger partial charge in [0.15, 0.2) is 0 Å². The van der Waals surface area contributed by atoms with Crippen LogP contribution in [0.25, 0.3) is 16.7 Å². The predicted molar refractivity (Wildman–Crippen MR) is 92.7 cm³/mol. The Labute approximate surface area is 141 Å². The van der Waals surface area contributed by atoms with Gasteiger partial charge in [-0.15, -0.1) is 0 Å². The normalized spacial score (nSPS) is 15.1. The van der Waals surface area contributed by atoms with Crippen LogP contribution in [-0.2, 0) is 0 Å². The first-order chi connectivity index (χ1) is 10.7. The third-order valence-electron chi connectivity index (χ3n) is 3.70. The topological polar surface area (TPSA) is 44.8 Å². The van der Waals surface area contributed by atoms with E-state index in [-0.39, 0.29) is 0 Å². The maximum atomic E-state index is 4.82. The number of anilines is 1. The van der Waals surface area contributed by atoms with Gasteiger partial charge in [0.25, 0.3) is 0 Å². The van der Waals surface area contributed by atoms with E-state index in [9.17, 15) is 0 Å². The number of pyridine rings is 1. The van der Waals surface area contributed by atoms with Crippen LogP contribution in [0.4, 0.5) is 5.69 Å². The second-order valence-corrected chi connectivity index (χ2v) is 7.67. The zero-order chi connectivity index (χ0) is 15.1. The molecule has 2 aromatic heterocycles. The van der Waals surface area contributed by atoms with Crippen molar-refractivity contribution in [3.63, 3.8) is 0 Å². The van der Waals surface area contributed by atoms with Crippen LogP contribution in [0.15, 0.2) is 46.4 Å². The molecule has 0 amide bonds. The van der Waals surface area contributed by atoms with Gasteiger partial charge < -0.3 is 0 Å². The summed E-state index contributed by atoms with van der Waals surface area (Å²) < 4.78 is 1.22. The minimum atomic E-state index is 0.876. The molecule has 4 nitrogen and oxygen atoms in total. The zero-order valence-electron chi connectivity index (χ0n) is 11.9. The molecule has 3 heterocycles. The molecule has 108 valence electrons. The summed E-state index contributed by atoms with van der Waals surface area (Å²) in [6.07, 6.45) is 3.68. The molecule has 0 saturated heterocycles. The van der Waals surface area contributed by atoms with Crippen molar-refractivity contribution in [1.82, 2.24) is 15.0 Å². The summed E-state index contributed by atoms with van der Waals surface area (Å²) >= 11 is 4.47. The Morgan fingerprint density at radius 3 is 2.95 bits per heavy atom. The van der Waals surface area contributed by atoms with Crippen molar-refractivity contribution >= 4 is 51.0 Å². The number of hydrogen-bond donors (Lipinski definition) is 1. The molecule has 6 heteroatoms. The van der Waals surface area contributed by atoms with Crippen LogP contribution in [0.5, 0.6) is 0 Å². The van der Waals surface area contributed by atoms with E-state index in [2.05, 4.69) is 62.9 Å². The van der Waals surface area contributed by atoms with Gasteiger partial charge in [0.1, 0.15) is 0 Å². The molecule has 0 bridgehead atoms. The van der Waals surface area contributed by atoms with E-state index in [1.807, 2.05) is 24.0 Å². The molecule has 1 aromatic carbocycles. The molecular formula is C16H13AsN4S. The quantitative estimate of drug-likeness (QED) is 0.706. The van der Waals surface area contributed by atoms with Crippen LogP contribution >= 0.6 is 11.8 Å². The van der Waals surface area contributed by atoms with Crippen molar-refractivity contribution in [2.24, 2.45) is 0 Å². The number of hydrogen-bond acceptors (Lipinski definition) is 4. The van der Waals surface area contributed by atoms with Crippen LogP contribution in [0.1, 0.15) is 11.4 Å². The Morgan fingerprint density at radius 2 is 2.18 bits per heavy atom. The van der Waals surface area contributed by atoms with Crippen LogP contribution in [0, 0.1) is 6.92 Å². The van der Waals surface area contributed by atoms with E-state index in [0.29, 0.717) is 0 Å². The first-order valence-corrected chi connectivity index (χ1v) is 8.86. The summed E-state index contributed by atoms with van der Waals surface area (Å²) in [5.41, 5.74) is 5.50. The van der Waals surface area contributed by atoms with E-state index >= 15 is 0 Å². The minimum absolute atomic E-state index is 0.876. The molecule has 0 fully saturated rings. The number of aromatic amines is 1. The van der Waals surface area contributed by atoms with Gasteiger partial charge in [0, 0.05) is 0 Å². The number of para-hydroxylation sites is 1.